The van der Waals surface area contributed by atoms with E-state index in [1.165, 1.54) is 25.7 Å². The Kier molecular flexibility index (Phi) is 13.0. The number of rotatable bonds is 13. The van der Waals surface area contributed by atoms with Gasteiger partial charge in [0, 0.05) is 13.0 Å². The molecule has 23 heavy (non-hydrogen) atoms. The molecule has 0 fully saturated rings. The van der Waals surface area contributed by atoms with E-state index in [1.54, 1.807) is 0 Å². The average Bonchev–Trinajstić information content (AvgIpc) is 2.50. The summed E-state index contributed by atoms with van der Waals surface area (Å²) in [5.41, 5.74) is 16.0. The van der Waals surface area contributed by atoms with Gasteiger partial charge < -0.3 is 21.9 Å². The molecular weight excluding hydrogens is 296 g/mol. The highest BCUT2D eigenvalue weighted by Crippen LogP contribution is 2.09. The molecule has 0 heterocycles. The Hall–Kier alpha value is -1.63. The van der Waals surface area contributed by atoms with Crippen molar-refractivity contribution in [3.63, 3.8) is 0 Å². The second-order valence-corrected chi connectivity index (χ2v) is 5.72. The first-order chi connectivity index (χ1) is 11.0. The molecule has 6 N–H and O–H groups in total. The van der Waals surface area contributed by atoms with Crippen molar-refractivity contribution in [3.8, 4) is 0 Å². The van der Waals surface area contributed by atoms with E-state index in [4.69, 9.17) is 21.9 Å². The fourth-order valence-corrected chi connectivity index (χ4v) is 2.10. The van der Waals surface area contributed by atoms with Gasteiger partial charge in [-0.2, -0.15) is 0 Å². The Labute approximate surface area is 139 Å². The zero-order valence-electron chi connectivity index (χ0n) is 14.3. The molecule has 0 aromatic rings. The SMILES string of the molecule is CCCCCCCCCC(=O)OC(=O)[C@@H](N)CCCN=C(N)N. The Morgan fingerprint density at radius 1 is 1.00 bits per heavy atom. The third kappa shape index (κ3) is 13.7. The van der Waals surface area contributed by atoms with Crippen LogP contribution in [-0.2, 0) is 14.3 Å². The van der Waals surface area contributed by atoms with E-state index in [2.05, 4.69) is 11.9 Å². The normalized spacial score (nSPS) is 11.7. The van der Waals surface area contributed by atoms with Crippen LogP contribution in [0.2, 0.25) is 0 Å². The third-order valence-electron chi connectivity index (χ3n) is 3.47. The van der Waals surface area contributed by atoms with Crippen molar-refractivity contribution in [2.24, 2.45) is 22.2 Å². The van der Waals surface area contributed by atoms with Crippen LogP contribution in [0.4, 0.5) is 0 Å². The number of ether oxygens (including phenoxy) is 1. The first kappa shape index (κ1) is 21.4. The van der Waals surface area contributed by atoms with Gasteiger partial charge in [0.15, 0.2) is 5.96 Å². The van der Waals surface area contributed by atoms with Crippen molar-refractivity contribution in [1.82, 2.24) is 0 Å². The summed E-state index contributed by atoms with van der Waals surface area (Å²) in [6, 6.07) is -0.817. The molecule has 0 rings (SSSR count). The first-order valence-electron chi connectivity index (χ1n) is 8.52. The average molecular weight is 328 g/mol. The van der Waals surface area contributed by atoms with Crippen molar-refractivity contribution in [2.75, 3.05) is 6.54 Å². The molecule has 0 aromatic heterocycles. The van der Waals surface area contributed by atoms with Crippen LogP contribution in [-0.4, -0.2) is 30.5 Å². The molecule has 7 heteroatoms. The van der Waals surface area contributed by atoms with Crippen LogP contribution in [0.3, 0.4) is 0 Å². The number of aliphatic imine (C=N–C) groups is 1. The molecule has 0 saturated carbocycles. The summed E-state index contributed by atoms with van der Waals surface area (Å²) in [6.07, 6.45) is 8.97. The summed E-state index contributed by atoms with van der Waals surface area (Å²) in [7, 11) is 0. The lowest BCUT2D eigenvalue weighted by Crippen LogP contribution is -2.34. The lowest BCUT2D eigenvalue weighted by molar-refractivity contribution is -0.160. The van der Waals surface area contributed by atoms with Crippen LogP contribution in [0.5, 0.6) is 0 Å². The van der Waals surface area contributed by atoms with Gasteiger partial charge in [-0.1, -0.05) is 45.4 Å². The smallest absolute Gasteiger partial charge is 0.330 e. The number of carbonyl (C=O) groups excluding carboxylic acids is 2. The largest absolute Gasteiger partial charge is 0.392 e. The van der Waals surface area contributed by atoms with Gasteiger partial charge in [0.1, 0.15) is 6.04 Å². The molecule has 0 aliphatic carbocycles. The van der Waals surface area contributed by atoms with Gasteiger partial charge in [-0.15, -0.1) is 0 Å². The minimum Gasteiger partial charge on any atom is -0.392 e. The summed E-state index contributed by atoms with van der Waals surface area (Å²) in [5.74, 6) is -1.17. The van der Waals surface area contributed by atoms with Crippen molar-refractivity contribution in [2.45, 2.75) is 77.2 Å². The summed E-state index contributed by atoms with van der Waals surface area (Å²) in [4.78, 5) is 27.0. The maximum absolute atomic E-state index is 11.6. The number of nitrogens with zero attached hydrogens (tertiary/aromatic N) is 1. The lowest BCUT2D eigenvalue weighted by Gasteiger charge is -2.09. The third-order valence-corrected chi connectivity index (χ3v) is 3.47. The summed E-state index contributed by atoms with van der Waals surface area (Å²) in [5, 5.41) is 0. The second kappa shape index (κ2) is 14.0. The number of hydrogen-bond acceptors (Lipinski definition) is 5. The molecule has 7 nitrogen and oxygen atoms in total. The summed E-state index contributed by atoms with van der Waals surface area (Å²) in [6.45, 7) is 2.58. The maximum Gasteiger partial charge on any atom is 0.330 e. The van der Waals surface area contributed by atoms with E-state index >= 15 is 0 Å². The number of carbonyl (C=O) groups is 2. The quantitative estimate of drug-likeness (QED) is 0.154. The molecule has 0 bridgehead atoms. The van der Waals surface area contributed by atoms with Crippen LogP contribution < -0.4 is 17.2 Å². The van der Waals surface area contributed by atoms with E-state index in [0.29, 0.717) is 19.4 Å². The Morgan fingerprint density at radius 3 is 2.22 bits per heavy atom. The van der Waals surface area contributed by atoms with Crippen LogP contribution in [0.1, 0.15) is 71.1 Å². The predicted octanol–water partition coefficient (Wildman–Crippen LogP) is 1.58. The van der Waals surface area contributed by atoms with Crippen molar-refractivity contribution in [3.05, 3.63) is 0 Å². The summed E-state index contributed by atoms with van der Waals surface area (Å²) >= 11 is 0. The molecule has 0 saturated heterocycles. The Morgan fingerprint density at radius 2 is 1.61 bits per heavy atom. The molecule has 0 aliphatic rings. The van der Waals surface area contributed by atoms with Gasteiger partial charge in [0.2, 0.25) is 0 Å². The van der Waals surface area contributed by atoms with E-state index in [9.17, 15) is 9.59 Å². The number of unbranched alkanes of at least 4 members (excludes halogenated alkanes) is 6. The summed E-state index contributed by atoms with van der Waals surface area (Å²) < 4.78 is 4.75. The van der Waals surface area contributed by atoms with Crippen molar-refractivity contribution >= 4 is 17.9 Å². The molecule has 0 amide bonds. The highest BCUT2D eigenvalue weighted by Gasteiger charge is 2.18. The topological polar surface area (TPSA) is 134 Å². The molecular formula is C16H32N4O3. The van der Waals surface area contributed by atoms with Gasteiger partial charge in [-0.25, -0.2) is 4.79 Å². The highest BCUT2D eigenvalue weighted by molar-refractivity contribution is 5.88. The lowest BCUT2D eigenvalue weighted by atomic mass is 10.1. The van der Waals surface area contributed by atoms with E-state index in [1.807, 2.05) is 0 Å². The van der Waals surface area contributed by atoms with Crippen LogP contribution in [0, 0.1) is 0 Å². The number of hydrogen-bond donors (Lipinski definition) is 3. The highest BCUT2D eigenvalue weighted by atomic mass is 16.6. The van der Waals surface area contributed by atoms with Gasteiger partial charge >= 0.3 is 11.9 Å². The van der Waals surface area contributed by atoms with Crippen LogP contribution in [0.25, 0.3) is 0 Å². The van der Waals surface area contributed by atoms with Gasteiger partial charge in [-0.3, -0.25) is 9.79 Å². The van der Waals surface area contributed by atoms with E-state index in [0.717, 1.165) is 19.3 Å². The molecule has 1 atom stereocenters. The number of nitrogens with two attached hydrogens (primary N) is 3. The molecule has 0 spiro atoms. The minimum absolute atomic E-state index is 0.00557. The maximum atomic E-state index is 11.6. The van der Waals surface area contributed by atoms with E-state index in [-0.39, 0.29) is 12.4 Å². The van der Waals surface area contributed by atoms with Gasteiger partial charge in [0.25, 0.3) is 0 Å². The standard InChI is InChI=1S/C16H32N4O3/c1-2-3-4-5-6-7-8-11-14(21)23-15(22)13(17)10-9-12-20-16(18)19/h13H,2-12,17H2,1H3,(H4,18,19,20)/t13-/m0/s1. The Balaban J connectivity index is 3.67. The monoisotopic (exact) mass is 328 g/mol. The number of esters is 2. The first-order valence-corrected chi connectivity index (χ1v) is 8.52. The van der Waals surface area contributed by atoms with Gasteiger partial charge in [0.05, 0.1) is 0 Å². The second-order valence-electron chi connectivity index (χ2n) is 5.72. The fourth-order valence-electron chi connectivity index (χ4n) is 2.10. The molecule has 0 aliphatic heterocycles. The molecule has 0 unspecified atom stereocenters. The molecule has 0 aromatic carbocycles. The van der Waals surface area contributed by atoms with E-state index < -0.39 is 18.0 Å². The zero-order valence-corrected chi connectivity index (χ0v) is 14.3. The molecule has 0 radical (unpaired) electrons. The minimum atomic E-state index is -0.817. The Bertz CT molecular complexity index is 368. The van der Waals surface area contributed by atoms with Crippen molar-refractivity contribution < 1.29 is 14.3 Å². The van der Waals surface area contributed by atoms with Crippen molar-refractivity contribution in [1.29, 1.82) is 0 Å². The van der Waals surface area contributed by atoms with Crippen LogP contribution in [0.15, 0.2) is 4.99 Å². The predicted molar refractivity (Wildman–Crippen MR) is 91.6 cm³/mol. The molecule has 134 valence electrons. The van der Waals surface area contributed by atoms with Crippen LogP contribution >= 0.6 is 0 Å². The number of guanidine groups is 1. The fraction of sp³-hybridized carbons (Fsp3) is 0.812. The zero-order chi connectivity index (χ0) is 17.5. The van der Waals surface area contributed by atoms with Gasteiger partial charge in [-0.05, 0) is 19.3 Å².